The Bertz CT molecular complexity index is 1010. The Hall–Kier alpha value is -2.10. The van der Waals surface area contributed by atoms with Gasteiger partial charge >= 0.3 is 6.29 Å². The minimum atomic E-state index is -3.68. The minimum Gasteiger partial charge on any atom is -0.395 e. The van der Waals surface area contributed by atoms with Gasteiger partial charge in [0.05, 0.1) is 16.0 Å². The molecule has 1 aliphatic heterocycles. The minimum absolute atomic E-state index is 0.0736. The number of nitrogens with one attached hydrogen (secondary N) is 1. The fraction of sp³-hybridized carbons (Fsp3) is 0.125. The van der Waals surface area contributed by atoms with Crippen molar-refractivity contribution >= 4 is 56.5 Å². The van der Waals surface area contributed by atoms with E-state index in [1.165, 1.54) is 41.3 Å². The third-order valence-electron chi connectivity index (χ3n) is 3.34. The molecule has 0 unspecified atom stereocenters. The number of anilines is 1. The van der Waals surface area contributed by atoms with Crippen LogP contribution in [-0.2, 0) is 4.79 Å². The largest absolute Gasteiger partial charge is 0.586 e. The molecule has 0 spiro atoms. The van der Waals surface area contributed by atoms with Crippen LogP contribution in [0.15, 0.2) is 40.7 Å². The SMILES string of the molecule is O=C(CSc1nc2cc(Cl)ccc2s1)Nc1ccc2c(c1)OC(F)(F)O2. The zero-order valence-corrected chi connectivity index (χ0v) is 15.2. The summed E-state index contributed by atoms with van der Waals surface area (Å²) in [6.45, 7) is 0. The van der Waals surface area contributed by atoms with Crippen molar-refractivity contribution in [3.63, 3.8) is 0 Å². The van der Waals surface area contributed by atoms with Gasteiger partial charge in [0, 0.05) is 16.8 Å². The molecule has 26 heavy (non-hydrogen) atoms. The maximum absolute atomic E-state index is 13.0. The molecule has 0 atom stereocenters. The van der Waals surface area contributed by atoms with Gasteiger partial charge in [-0.2, -0.15) is 0 Å². The lowest BCUT2D eigenvalue weighted by Gasteiger charge is -2.05. The van der Waals surface area contributed by atoms with Gasteiger partial charge in [0.2, 0.25) is 5.91 Å². The molecule has 0 fully saturated rings. The van der Waals surface area contributed by atoms with E-state index < -0.39 is 6.29 Å². The van der Waals surface area contributed by atoms with Crippen LogP contribution < -0.4 is 14.8 Å². The number of benzene rings is 2. The van der Waals surface area contributed by atoms with Crippen molar-refractivity contribution in [3.05, 3.63) is 41.4 Å². The number of hydrogen-bond acceptors (Lipinski definition) is 6. The van der Waals surface area contributed by atoms with Crippen LogP contribution >= 0.6 is 34.7 Å². The number of thiazole rings is 1. The number of aromatic nitrogens is 1. The topological polar surface area (TPSA) is 60.5 Å². The van der Waals surface area contributed by atoms with Crippen LogP contribution in [0.5, 0.6) is 11.5 Å². The van der Waals surface area contributed by atoms with Crippen LogP contribution in [0.2, 0.25) is 5.02 Å². The van der Waals surface area contributed by atoms with E-state index in [0.29, 0.717) is 10.7 Å². The highest BCUT2D eigenvalue weighted by molar-refractivity contribution is 8.01. The molecule has 2 heterocycles. The first-order valence-electron chi connectivity index (χ1n) is 7.27. The predicted molar refractivity (Wildman–Crippen MR) is 96.6 cm³/mol. The van der Waals surface area contributed by atoms with Gasteiger partial charge < -0.3 is 14.8 Å². The van der Waals surface area contributed by atoms with E-state index >= 15 is 0 Å². The Morgan fingerprint density at radius 1 is 1.23 bits per heavy atom. The van der Waals surface area contributed by atoms with E-state index in [9.17, 15) is 13.6 Å². The lowest BCUT2D eigenvalue weighted by Crippen LogP contribution is -2.25. The summed E-state index contributed by atoms with van der Waals surface area (Å²) >= 11 is 8.68. The molecule has 0 saturated carbocycles. The highest BCUT2D eigenvalue weighted by Crippen LogP contribution is 2.42. The zero-order chi connectivity index (χ0) is 18.3. The normalized spacial score (nSPS) is 14.6. The van der Waals surface area contributed by atoms with Crippen LogP contribution in [0.1, 0.15) is 0 Å². The average Bonchev–Trinajstić information content (AvgIpc) is 3.10. The Balaban J connectivity index is 1.38. The molecular formula is C16H9ClF2N2O3S2. The van der Waals surface area contributed by atoms with E-state index in [1.54, 1.807) is 12.1 Å². The number of nitrogens with zero attached hydrogens (tertiary/aromatic N) is 1. The van der Waals surface area contributed by atoms with Crippen molar-refractivity contribution < 1.29 is 23.0 Å². The average molecular weight is 415 g/mol. The molecule has 0 saturated heterocycles. The van der Waals surface area contributed by atoms with Crippen LogP contribution in [0.25, 0.3) is 10.2 Å². The number of alkyl halides is 2. The second kappa shape index (κ2) is 6.57. The summed E-state index contributed by atoms with van der Waals surface area (Å²) in [4.78, 5) is 16.5. The van der Waals surface area contributed by atoms with Crippen LogP contribution in [-0.4, -0.2) is 22.9 Å². The Morgan fingerprint density at radius 3 is 2.88 bits per heavy atom. The molecule has 1 amide bonds. The third kappa shape index (κ3) is 3.69. The summed E-state index contributed by atoms with van der Waals surface area (Å²) < 4.78 is 36.4. The van der Waals surface area contributed by atoms with Gasteiger partial charge in [0.1, 0.15) is 0 Å². The van der Waals surface area contributed by atoms with E-state index in [-0.39, 0.29) is 23.2 Å². The van der Waals surface area contributed by atoms with E-state index in [4.69, 9.17) is 11.6 Å². The van der Waals surface area contributed by atoms with Gasteiger partial charge in [0.15, 0.2) is 15.8 Å². The zero-order valence-electron chi connectivity index (χ0n) is 12.8. The summed E-state index contributed by atoms with van der Waals surface area (Å²) in [6, 6.07) is 9.49. The number of thioether (sulfide) groups is 1. The molecule has 0 bridgehead atoms. The molecule has 10 heteroatoms. The van der Waals surface area contributed by atoms with Gasteiger partial charge in [-0.3, -0.25) is 4.79 Å². The highest BCUT2D eigenvalue weighted by atomic mass is 35.5. The van der Waals surface area contributed by atoms with E-state index in [1.807, 2.05) is 6.07 Å². The van der Waals surface area contributed by atoms with Crippen LogP contribution in [0, 0.1) is 0 Å². The van der Waals surface area contributed by atoms with E-state index in [0.717, 1.165) is 14.6 Å². The molecule has 3 aromatic rings. The molecule has 0 radical (unpaired) electrons. The smallest absolute Gasteiger partial charge is 0.395 e. The monoisotopic (exact) mass is 414 g/mol. The first kappa shape index (κ1) is 17.3. The molecule has 1 aliphatic rings. The van der Waals surface area contributed by atoms with Crippen molar-refractivity contribution in [2.45, 2.75) is 10.6 Å². The predicted octanol–water partition coefficient (Wildman–Crippen LogP) is 5.00. The summed E-state index contributed by atoms with van der Waals surface area (Å²) in [5.74, 6) is -0.366. The Labute approximate surface area is 159 Å². The highest BCUT2D eigenvalue weighted by Gasteiger charge is 2.43. The second-order valence-corrected chi connectivity index (χ2v) is 7.95. The summed E-state index contributed by atoms with van der Waals surface area (Å²) in [5, 5.41) is 3.23. The number of carbonyl (C=O) groups excluding carboxylic acids is 1. The number of hydrogen-bond donors (Lipinski definition) is 1. The number of amides is 1. The first-order valence-corrected chi connectivity index (χ1v) is 9.45. The fourth-order valence-electron chi connectivity index (χ4n) is 2.29. The van der Waals surface area contributed by atoms with Crippen molar-refractivity contribution in [3.8, 4) is 11.5 Å². The fourth-order valence-corrected chi connectivity index (χ4v) is 4.31. The standard InChI is InChI=1S/C16H9ClF2N2O3S2/c17-8-1-4-13-10(5-8)21-15(26-13)25-7-14(22)20-9-2-3-11-12(6-9)24-16(18,19)23-11/h1-6H,7H2,(H,20,22). The number of carbonyl (C=O) groups is 1. The number of ether oxygens (including phenoxy) is 2. The van der Waals surface area contributed by atoms with Crippen LogP contribution in [0.4, 0.5) is 14.5 Å². The van der Waals surface area contributed by atoms with Crippen molar-refractivity contribution in [2.24, 2.45) is 0 Å². The van der Waals surface area contributed by atoms with Gasteiger partial charge in [-0.05, 0) is 30.3 Å². The number of rotatable bonds is 4. The lowest BCUT2D eigenvalue weighted by atomic mass is 10.3. The molecule has 2 aromatic carbocycles. The quantitative estimate of drug-likeness (QED) is 0.608. The number of fused-ring (bicyclic) bond motifs is 2. The maximum atomic E-state index is 13.0. The van der Waals surface area contributed by atoms with Gasteiger partial charge in [-0.15, -0.1) is 20.1 Å². The molecule has 1 aromatic heterocycles. The molecule has 1 N–H and O–H groups in total. The molecule has 134 valence electrons. The molecular weight excluding hydrogens is 406 g/mol. The molecule has 0 aliphatic carbocycles. The van der Waals surface area contributed by atoms with Gasteiger partial charge in [-0.1, -0.05) is 23.4 Å². The van der Waals surface area contributed by atoms with Crippen molar-refractivity contribution in [1.82, 2.24) is 4.98 Å². The van der Waals surface area contributed by atoms with Gasteiger partial charge in [0.25, 0.3) is 0 Å². The molecule has 4 rings (SSSR count). The van der Waals surface area contributed by atoms with Crippen LogP contribution in [0.3, 0.4) is 0 Å². The number of halogens is 3. The Morgan fingerprint density at radius 2 is 2.04 bits per heavy atom. The summed E-state index contributed by atoms with van der Waals surface area (Å²) in [5.41, 5.74) is 1.12. The van der Waals surface area contributed by atoms with Crippen molar-refractivity contribution in [2.75, 3.05) is 11.1 Å². The second-order valence-electron chi connectivity index (χ2n) is 5.26. The third-order valence-corrected chi connectivity index (χ3v) is 5.76. The maximum Gasteiger partial charge on any atom is 0.586 e. The molecule has 5 nitrogen and oxygen atoms in total. The first-order chi connectivity index (χ1) is 12.4. The lowest BCUT2D eigenvalue weighted by molar-refractivity contribution is -0.286. The van der Waals surface area contributed by atoms with E-state index in [2.05, 4.69) is 19.8 Å². The Kier molecular flexibility index (Phi) is 4.37. The summed E-state index contributed by atoms with van der Waals surface area (Å²) in [6.07, 6.45) is -3.68. The summed E-state index contributed by atoms with van der Waals surface area (Å²) in [7, 11) is 0. The van der Waals surface area contributed by atoms with Crippen molar-refractivity contribution in [1.29, 1.82) is 0 Å². The van der Waals surface area contributed by atoms with Gasteiger partial charge in [-0.25, -0.2) is 4.98 Å².